The largest absolute Gasteiger partial charge is 0.478 e. The van der Waals surface area contributed by atoms with Crippen molar-refractivity contribution in [3.8, 4) is 5.88 Å². The summed E-state index contributed by atoms with van der Waals surface area (Å²) >= 11 is 5.83. The van der Waals surface area contributed by atoms with E-state index in [1.165, 1.54) is 12.8 Å². The minimum absolute atomic E-state index is 0.600. The van der Waals surface area contributed by atoms with Crippen LogP contribution in [0.2, 0.25) is 0 Å². The molecule has 5 heteroatoms. The molecule has 1 heterocycles. The fourth-order valence-corrected chi connectivity index (χ4v) is 1.92. The Morgan fingerprint density at radius 3 is 2.94 bits per heavy atom. The molecule has 0 N–H and O–H groups in total. The van der Waals surface area contributed by atoms with E-state index >= 15 is 0 Å². The van der Waals surface area contributed by atoms with Crippen molar-refractivity contribution in [1.29, 1.82) is 0 Å². The lowest BCUT2D eigenvalue weighted by atomic mass is 10.4. The number of anilines is 1. The molecule has 0 atom stereocenters. The first kappa shape index (κ1) is 12.4. The third-order valence-corrected chi connectivity index (χ3v) is 2.86. The van der Waals surface area contributed by atoms with Crippen LogP contribution in [0, 0.1) is 0 Å². The number of nitrogens with zero attached hydrogens (tertiary/aromatic N) is 3. The Morgan fingerprint density at radius 1 is 1.47 bits per heavy atom. The summed E-state index contributed by atoms with van der Waals surface area (Å²) in [7, 11) is 0. The highest BCUT2D eigenvalue weighted by molar-refractivity contribution is 6.18. The van der Waals surface area contributed by atoms with E-state index in [1.54, 1.807) is 6.33 Å². The summed E-state index contributed by atoms with van der Waals surface area (Å²) in [6, 6.07) is 2.50. The van der Waals surface area contributed by atoms with Crippen molar-refractivity contribution in [2.45, 2.75) is 32.2 Å². The molecule has 0 saturated heterocycles. The summed E-state index contributed by atoms with van der Waals surface area (Å²) in [6.45, 7) is 3.60. The second-order valence-electron chi connectivity index (χ2n) is 4.18. The molecule has 1 aromatic heterocycles. The first-order valence-corrected chi connectivity index (χ1v) is 6.66. The number of hydrogen-bond donors (Lipinski definition) is 0. The van der Waals surface area contributed by atoms with Gasteiger partial charge in [0, 0.05) is 24.5 Å². The van der Waals surface area contributed by atoms with Crippen molar-refractivity contribution in [2.24, 2.45) is 0 Å². The average Bonchev–Trinajstić information content (AvgIpc) is 3.18. The zero-order valence-electron chi connectivity index (χ0n) is 10.1. The fraction of sp³-hybridized carbons (Fsp3) is 0.667. The zero-order valence-corrected chi connectivity index (χ0v) is 10.9. The van der Waals surface area contributed by atoms with Crippen LogP contribution >= 0.6 is 11.6 Å². The van der Waals surface area contributed by atoms with Gasteiger partial charge in [-0.15, -0.1) is 11.6 Å². The molecule has 0 unspecified atom stereocenters. The monoisotopic (exact) mass is 255 g/mol. The highest BCUT2D eigenvalue weighted by Gasteiger charge is 2.29. The van der Waals surface area contributed by atoms with Gasteiger partial charge in [-0.25, -0.2) is 9.97 Å². The van der Waals surface area contributed by atoms with Crippen LogP contribution in [0.15, 0.2) is 12.4 Å². The van der Waals surface area contributed by atoms with E-state index < -0.39 is 0 Å². The van der Waals surface area contributed by atoms with Crippen LogP contribution in [0.3, 0.4) is 0 Å². The topological polar surface area (TPSA) is 38.2 Å². The first-order chi connectivity index (χ1) is 8.35. The SMILES string of the molecule is CCCOc1cc(N(CCCl)C2CC2)ncn1. The molecule has 2 rings (SSSR count). The van der Waals surface area contributed by atoms with Gasteiger partial charge in [0.2, 0.25) is 5.88 Å². The predicted octanol–water partition coefficient (Wildman–Crippen LogP) is 2.47. The first-order valence-electron chi connectivity index (χ1n) is 6.12. The Labute approximate surface area is 107 Å². The Hall–Kier alpha value is -1.03. The van der Waals surface area contributed by atoms with E-state index in [4.69, 9.17) is 16.3 Å². The van der Waals surface area contributed by atoms with Crippen LogP contribution in [0.5, 0.6) is 5.88 Å². The van der Waals surface area contributed by atoms with E-state index in [9.17, 15) is 0 Å². The van der Waals surface area contributed by atoms with E-state index in [-0.39, 0.29) is 0 Å². The summed E-state index contributed by atoms with van der Waals surface area (Å²) in [5.74, 6) is 2.19. The predicted molar refractivity (Wildman–Crippen MR) is 68.9 cm³/mol. The van der Waals surface area contributed by atoms with Gasteiger partial charge in [-0.05, 0) is 19.3 Å². The molecular formula is C12H18ClN3O. The highest BCUT2D eigenvalue weighted by Crippen LogP contribution is 2.31. The lowest BCUT2D eigenvalue weighted by Crippen LogP contribution is -2.28. The number of ether oxygens (including phenoxy) is 1. The third-order valence-electron chi connectivity index (χ3n) is 2.69. The summed E-state index contributed by atoms with van der Waals surface area (Å²) < 4.78 is 5.51. The van der Waals surface area contributed by atoms with Gasteiger partial charge in [0.05, 0.1) is 6.61 Å². The van der Waals surface area contributed by atoms with Crippen molar-refractivity contribution in [3.05, 3.63) is 12.4 Å². The Kier molecular flexibility index (Phi) is 4.42. The number of hydrogen-bond acceptors (Lipinski definition) is 4. The van der Waals surface area contributed by atoms with E-state index in [2.05, 4.69) is 21.8 Å². The van der Waals surface area contributed by atoms with Gasteiger partial charge < -0.3 is 9.64 Å². The number of halogens is 1. The van der Waals surface area contributed by atoms with Crippen LogP contribution in [0.25, 0.3) is 0 Å². The van der Waals surface area contributed by atoms with E-state index in [0.29, 0.717) is 24.4 Å². The molecule has 0 aliphatic heterocycles. The summed E-state index contributed by atoms with van der Waals surface area (Å²) in [5, 5.41) is 0. The molecule has 1 aromatic rings. The second kappa shape index (κ2) is 6.05. The molecule has 0 bridgehead atoms. The molecule has 0 spiro atoms. The van der Waals surface area contributed by atoms with Gasteiger partial charge in [0.25, 0.3) is 0 Å². The van der Waals surface area contributed by atoms with Crippen molar-refractivity contribution in [1.82, 2.24) is 9.97 Å². The second-order valence-corrected chi connectivity index (χ2v) is 4.55. The van der Waals surface area contributed by atoms with E-state index in [1.807, 2.05) is 6.07 Å². The van der Waals surface area contributed by atoms with Crippen molar-refractivity contribution < 1.29 is 4.74 Å². The lowest BCUT2D eigenvalue weighted by Gasteiger charge is -2.22. The van der Waals surface area contributed by atoms with Gasteiger partial charge in [0.15, 0.2) is 0 Å². The van der Waals surface area contributed by atoms with Crippen molar-refractivity contribution in [3.63, 3.8) is 0 Å². The van der Waals surface area contributed by atoms with Gasteiger partial charge in [-0.3, -0.25) is 0 Å². The highest BCUT2D eigenvalue weighted by atomic mass is 35.5. The Bertz CT molecular complexity index is 357. The maximum Gasteiger partial charge on any atom is 0.218 e. The maximum atomic E-state index is 5.83. The molecule has 17 heavy (non-hydrogen) atoms. The lowest BCUT2D eigenvalue weighted by molar-refractivity contribution is 0.304. The van der Waals surface area contributed by atoms with Crippen LogP contribution < -0.4 is 9.64 Å². The summed E-state index contributed by atoms with van der Waals surface area (Å²) in [4.78, 5) is 10.7. The van der Waals surface area contributed by atoms with Crippen LogP contribution in [-0.4, -0.2) is 35.0 Å². The molecule has 0 amide bonds. The number of rotatable bonds is 7. The molecule has 1 aliphatic carbocycles. The summed E-state index contributed by atoms with van der Waals surface area (Å²) in [5.41, 5.74) is 0. The minimum atomic E-state index is 0.600. The minimum Gasteiger partial charge on any atom is -0.478 e. The van der Waals surface area contributed by atoms with E-state index in [0.717, 1.165) is 18.8 Å². The normalized spacial score (nSPS) is 14.7. The molecule has 1 fully saturated rings. The van der Waals surface area contributed by atoms with Gasteiger partial charge in [-0.2, -0.15) is 0 Å². The third kappa shape index (κ3) is 3.46. The van der Waals surface area contributed by atoms with Crippen LogP contribution in [0.1, 0.15) is 26.2 Å². The quantitative estimate of drug-likeness (QED) is 0.702. The molecular weight excluding hydrogens is 238 g/mol. The zero-order chi connectivity index (χ0) is 12.1. The molecule has 0 radical (unpaired) electrons. The molecule has 0 aromatic carbocycles. The molecule has 94 valence electrons. The van der Waals surface area contributed by atoms with Gasteiger partial charge in [-0.1, -0.05) is 6.92 Å². The molecule has 4 nitrogen and oxygen atoms in total. The average molecular weight is 256 g/mol. The smallest absolute Gasteiger partial charge is 0.218 e. The van der Waals surface area contributed by atoms with Crippen LogP contribution in [-0.2, 0) is 0 Å². The van der Waals surface area contributed by atoms with Gasteiger partial charge in [0.1, 0.15) is 12.1 Å². The number of alkyl halides is 1. The Morgan fingerprint density at radius 2 is 2.29 bits per heavy atom. The maximum absolute atomic E-state index is 5.83. The summed E-state index contributed by atoms with van der Waals surface area (Å²) in [6.07, 6.45) is 5.00. The van der Waals surface area contributed by atoms with Crippen molar-refractivity contribution in [2.75, 3.05) is 23.9 Å². The molecule has 1 saturated carbocycles. The molecule has 1 aliphatic rings. The van der Waals surface area contributed by atoms with Crippen molar-refractivity contribution >= 4 is 17.4 Å². The van der Waals surface area contributed by atoms with Crippen LogP contribution in [0.4, 0.5) is 5.82 Å². The Balaban J connectivity index is 2.07. The standard InChI is InChI=1S/C12H18ClN3O/c1-2-7-17-12-8-11(14-9-15-12)16(6-5-13)10-3-4-10/h8-10H,2-7H2,1H3. The van der Waals surface area contributed by atoms with Gasteiger partial charge >= 0.3 is 0 Å². The fourth-order valence-electron chi connectivity index (χ4n) is 1.73. The number of aromatic nitrogens is 2.